The van der Waals surface area contributed by atoms with Gasteiger partial charge in [0.15, 0.2) is 0 Å². The Kier molecular flexibility index (Phi) is 4.81. The summed E-state index contributed by atoms with van der Waals surface area (Å²) in [5, 5.41) is 4.35. The maximum absolute atomic E-state index is 6.08. The SMILES string of the molecule is Clc1cccc(N2CCN(CC3CCCNC3)CC2)c1. The second-order valence-corrected chi connectivity index (χ2v) is 6.42. The summed E-state index contributed by atoms with van der Waals surface area (Å²) < 4.78 is 0. The van der Waals surface area contributed by atoms with Gasteiger partial charge in [-0.2, -0.15) is 0 Å². The van der Waals surface area contributed by atoms with Crippen molar-refractivity contribution in [3.05, 3.63) is 29.3 Å². The van der Waals surface area contributed by atoms with Gasteiger partial charge in [-0.3, -0.25) is 4.90 Å². The largest absolute Gasteiger partial charge is 0.369 e. The second-order valence-electron chi connectivity index (χ2n) is 5.98. The summed E-state index contributed by atoms with van der Waals surface area (Å²) in [6.45, 7) is 8.23. The summed E-state index contributed by atoms with van der Waals surface area (Å²) in [6.07, 6.45) is 2.73. The molecule has 1 aromatic rings. The summed E-state index contributed by atoms with van der Waals surface area (Å²) in [5.41, 5.74) is 1.26. The Bertz CT molecular complexity index is 423. The zero-order chi connectivity index (χ0) is 13.8. The van der Waals surface area contributed by atoms with E-state index in [4.69, 9.17) is 11.6 Å². The van der Waals surface area contributed by atoms with E-state index < -0.39 is 0 Å². The van der Waals surface area contributed by atoms with Gasteiger partial charge in [0.2, 0.25) is 0 Å². The normalized spacial score (nSPS) is 24.9. The van der Waals surface area contributed by atoms with Crippen LogP contribution in [0.1, 0.15) is 12.8 Å². The maximum atomic E-state index is 6.08. The van der Waals surface area contributed by atoms with E-state index in [9.17, 15) is 0 Å². The molecule has 110 valence electrons. The van der Waals surface area contributed by atoms with Crippen molar-refractivity contribution in [2.45, 2.75) is 12.8 Å². The molecule has 0 aromatic heterocycles. The van der Waals surface area contributed by atoms with Crippen molar-refractivity contribution in [1.29, 1.82) is 0 Å². The first-order chi connectivity index (χ1) is 9.81. The van der Waals surface area contributed by atoms with Crippen molar-refractivity contribution in [3.8, 4) is 0 Å². The van der Waals surface area contributed by atoms with Crippen LogP contribution < -0.4 is 10.2 Å². The van der Waals surface area contributed by atoms with E-state index in [1.54, 1.807) is 0 Å². The van der Waals surface area contributed by atoms with Crippen molar-refractivity contribution >= 4 is 17.3 Å². The number of nitrogens with zero attached hydrogens (tertiary/aromatic N) is 2. The van der Waals surface area contributed by atoms with Crippen molar-refractivity contribution in [3.63, 3.8) is 0 Å². The van der Waals surface area contributed by atoms with Crippen LogP contribution in [-0.2, 0) is 0 Å². The molecule has 3 rings (SSSR count). The van der Waals surface area contributed by atoms with Crippen LogP contribution in [0.15, 0.2) is 24.3 Å². The molecule has 2 heterocycles. The lowest BCUT2D eigenvalue weighted by molar-refractivity contribution is 0.199. The van der Waals surface area contributed by atoms with E-state index >= 15 is 0 Å². The molecule has 2 saturated heterocycles. The first-order valence-corrected chi connectivity index (χ1v) is 8.12. The van der Waals surface area contributed by atoms with Gasteiger partial charge in [0.25, 0.3) is 0 Å². The number of benzene rings is 1. The fraction of sp³-hybridized carbons (Fsp3) is 0.625. The van der Waals surface area contributed by atoms with E-state index in [0.29, 0.717) is 0 Å². The molecule has 2 aliphatic heterocycles. The van der Waals surface area contributed by atoms with Crippen molar-refractivity contribution in [1.82, 2.24) is 10.2 Å². The van der Waals surface area contributed by atoms with Crippen LogP contribution in [0.2, 0.25) is 5.02 Å². The summed E-state index contributed by atoms with van der Waals surface area (Å²) >= 11 is 6.08. The lowest BCUT2D eigenvalue weighted by Crippen LogP contribution is -2.49. The highest BCUT2D eigenvalue weighted by atomic mass is 35.5. The lowest BCUT2D eigenvalue weighted by Gasteiger charge is -2.38. The third kappa shape index (κ3) is 3.66. The maximum Gasteiger partial charge on any atom is 0.0426 e. The number of hydrogen-bond acceptors (Lipinski definition) is 3. The van der Waals surface area contributed by atoms with Gasteiger partial charge in [-0.05, 0) is 50.0 Å². The molecule has 0 aliphatic carbocycles. The minimum atomic E-state index is 0.832. The number of rotatable bonds is 3. The molecule has 1 unspecified atom stereocenters. The molecule has 0 radical (unpaired) electrons. The molecular formula is C16H24ClN3. The first-order valence-electron chi connectivity index (χ1n) is 7.75. The third-order valence-electron chi connectivity index (χ3n) is 4.46. The van der Waals surface area contributed by atoms with Gasteiger partial charge in [0, 0.05) is 43.4 Å². The zero-order valence-electron chi connectivity index (χ0n) is 12.0. The number of halogens is 1. The van der Waals surface area contributed by atoms with Crippen LogP contribution in [0.4, 0.5) is 5.69 Å². The lowest BCUT2D eigenvalue weighted by atomic mass is 9.99. The molecular weight excluding hydrogens is 270 g/mol. The predicted octanol–water partition coefficient (Wildman–Crippen LogP) is 2.46. The molecule has 1 N–H and O–H groups in total. The van der Waals surface area contributed by atoms with E-state index in [-0.39, 0.29) is 0 Å². The minimum absolute atomic E-state index is 0.832. The van der Waals surface area contributed by atoms with Crippen LogP contribution >= 0.6 is 11.6 Å². The highest BCUT2D eigenvalue weighted by Crippen LogP contribution is 2.21. The Hall–Kier alpha value is -0.770. The zero-order valence-corrected chi connectivity index (χ0v) is 12.8. The molecule has 0 amide bonds. The number of piperazine rings is 1. The van der Waals surface area contributed by atoms with Crippen LogP contribution in [0.5, 0.6) is 0 Å². The van der Waals surface area contributed by atoms with Crippen molar-refractivity contribution < 1.29 is 0 Å². The quantitative estimate of drug-likeness (QED) is 0.924. The van der Waals surface area contributed by atoms with Crippen molar-refractivity contribution in [2.75, 3.05) is 50.7 Å². The van der Waals surface area contributed by atoms with Gasteiger partial charge in [-0.15, -0.1) is 0 Å². The van der Waals surface area contributed by atoms with Gasteiger partial charge in [-0.25, -0.2) is 0 Å². The summed E-state index contributed by atoms with van der Waals surface area (Å²) in [7, 11) is 0. The molecule has 20 heavy (non-hydrogen) atoms. The Labute approximate surface area is 126 Å². The van der Waals surface area contributed by atoms with E-state index in [1.165, 1.54) is 51.3 Å². The first kappa shape index (κ1) is 14.2. The van der Waals surface area contributed by atoms with Gasteiger partial charge in [0.05, 0.1) is 0 Å². The van der Waals surface area contributed by atoms with Gasteiger partial charge in [0.1, 0.15) is 0 Å². The third-order valence-corrected chi connectivity index (χ3v) is 4.70. The number of nitrogens with one attached hydrogen (secondary N) is 1. The highest BCUT2D eigenvalue weighted by Gasteiger charge is 2.21. The molecule has 0 bridgehead atoms. The minimum Gasteiger partial charge on any atom is -0.369 e. The fourth-order valence-electron chi connectivity index (χ4n) is 3.31. The van der Waals surface area contributed by atoms with Gasteiger partial charge >= 0.3 is 0 Å². The van der Waals surface area contributed by atoms with E-state index in [2.05, 4.69) is 27.2 Å². The average Bonchev–Trinajstić information content (AvgIpc) is 2.49. The number of piperidine rings is 1. The molecule has 1 atom stereocenters. The Morgan fingerprint density at radius 1 is 1.20 bits per heavy atom. The standard InChI is InChI=1S/C16H24ClN3/c17-15-4-1-5-16(11-15)20-9-7-19(8-10-20)13-14-3-2-6-18-12-14/h1,4-5,11,14,18H,2-3,6-10,12-13H2. The Balaban J connectivity index is 1.49. The van der Waals surface area contributed by atoms with Gasteiger partial charge in [-0.1, -0.05) is 17.7 Å². The second kappa shape index (κ2) is 6.79. The molecule has 0 spiro atoms. The summed E-state index contributed by atoms with van der Waals surface area (Å²) in [4.78, 5) is 5.07. The van der Waals surface area contributed by atoms with E-state index in [1.807, 2.05) is 12.1 Å². The molecule has 1 aromatic carbocycles. The van der Waals surface area contributed by atoms with E-state index in [0.717, 1.165) is 24.0 Å². The van der Waals surface area contributed by atoms with Crippen molar-refractivity contribution in [2.24, 2.45) is 5.92 Å². The molecule has 2 fully saturated rings. The number of anilines is 1. The average molecular weight is 294 g/mol. The fourth-order valence-corrected chi connectivity index (χ4v) is 3.49. The Morgan fingerprint density at radius 2 is 2.05 bits per heavy atom. The van der Waals surface area contributed by atoms with Gasteiger partial charge < -0.3 is 10.2 Å². The van der Waals surface area contributed by atoms with Crippen LogP contribution in [0.3, 0.4) is 0 Å². The van der Waals surface area contributed by atoms with Crippen LogP contribution in [0.25, 0.3) is 0 Å². The molecule has 2 aliphatic rings. The molecule has 4 heteroatoms. The smallest absolute Gasteiger partial charge is 0.0426 e. The molecule has 3 nitrogen and oxygen atoms in total. The summed E-state index contributed by atoms with van der Waals surface area (Å²) in [5.74, 6) is 0.849. The predicted molar refractivity (Wildman–Crippen MR) is 85.7 cm³/mol. The Morgan fingerprint density at radius 3 is 2.75 bits per heavy atom. The molecule has 0 saturated carbocycles. The monoisotopic (exact) mass is 293 g/mol. The number of hydrogen-bond donors (Lipinski definition) is 1. The van der Waals surface area contributed by atoms with Crippen LogP contribution in [-0.4, -0.2) is 50.7 Å². The van der Waals surface area contributed by atoms with Crippen LogP contribution in [0, 0.1) is 5.92 Å². The topological polar surface area (TPSA) is 18.5 Å². The highest BCUT2D eigenvalue weighted by molar-refractivity contribution is 6.30. The summed E-state index contributed by atoms with van der Waals surface area (Å²) in [6, 6.07) is 8.21.